The Kier molecular flexibility index (Phi) is 4.82. The van der Waals surface area contributed by atoms with Gasteiger partial charge in [-0.15, -0.1) is 0 Å². The molecule has 1 nitrogen and oxygen atoms in total. The number of halogens is 3. The molecule has 1 aromatic rings. The number of rotatable bonds is 3. The van der Waals surface area contributed by atoms with Crippen LogP contribution in [0.2, 0.25) is 0 Å². The molecule has 0 amide bonds. The molecule has 0 spiro atoms. The molecule has 0 aromatic heterocycles. The summed E-state index contributed by atoms with van der Waals surface area (Å²) in [6.07, 6.45) is 4.46. The first kappa shape index (κ1) is 14.8. The van der Waals surface area contributed by atoms with Crippen LogP contribution >= 0.6 is 15.9 Å². The molecule has 4 heteroatoms. The van der Waals surface area contributed by atoms with Crippen molar-refractivity contribution in [3.05, 3.63) is 28.2 Å². The zero-order chi connectivity index (χ0) is 14.0. The molecule has 2 rings (SSSR count). The number of benzene rings is 1. The Morgan fingerprint density at radius 3 is 2.32 bits per heavy atom. The van der Waals surface area contributed by atoms with E-state index in [2.05, 4.69) is 35.1 Å². The molecule has 1 aliphatic rings. The quantitative estimate of drug-likeness (QED) is 0.786. The van der Waals surface area contributed by atoms with E-state index in [1.54, 1.807) is 0 Å². The van der Waals surface area contributed by atoms with Crippen LogP contribution in [-0.4, -0.2) is 6.04 Å². The third kappa shape index (κ3) is 3.47. The standard InChI is InChI=1S/C15H20BrF2N/c1-9(2)11-5-3-4-6-14(11)19-15-12(17)7-10(16)8-13(15)18/h7-9,11,14,19H,3-6H2,1-2H3. The Morgan fingerprint density at radius 1 is 1.16 bits per heavy atom. The molecular formula is C15H20BrF2N. The number of anilines is 1. The van der Waals surface area contributed by atoms with Crippen LogP contribution in [0.5, 0.6) is 0 Å². The van der Waals surface area contributed by atoms with Gasteiger partial charge in [0, 0.05) is 10.5 Å². The van der Waals surface area contributed by atoms with E-state index in [0.717, 1.165) is 19.3 Å². The normalized spacial score (nSPS) is 23.7. The maximum atomic E-state index is 13.9. The van der Waals surface area contributed by atoms with Gasteiger partial charge in [-0.3, -0.25) is 0 Å². The predicted molar refractivity (Wildman–Crippen MR) is 78.3 cm³/mol. The lowest BCUT2D eigenvalue weighted by Crippen LogP contribution is -2.35. The molecule has 106 valence electrons. The van der Waals surface area contributed by atoms with Gasteiger partial charge >= 0.3 is 0 Å². The molecule has 1 aromatic carbocycles. The zero-order valence-corrected chi connectivity index (χ0v) is 12.9. The fourth-order valence-electron chi connectivity index (χ4n) is 3.00. The Hall–Kier alpha value is -0.640. The number of hydrogen-bond donors (Lipinski definition) is 1. The van der Waals surface area contributed by atoms with Crippen molar-refractivity contribution in [2.45, 2.75) is 45.6 Å². The van der Waals surface area contributed by atoms with Gasteiger partial charge in [-0.2, -0.15) is 0 Å². The zero-order valence-electron chi connectivity index (χ0n) is 11.3. The maximum absolute atomic E-state index is 13.9. The fourth-order valence-corrected chi connectivity index (χ4v) is 3.40. The fraction of sp³-hybridized carbons (Fsp3) is 0.600. The van der Waals surface area contributed by atoms with Gasteiger partial charge in [0.25, 0.3) is 0 Å². The third-order valence-corrected chi connectivity index (χ3v) is 4.47. The van der Waals surface area contributed by atoms with E-state index < -0.39 is 11.6 Å². The van der Waals surface area contributed by atoms with E-state index in [1.165, 1.54) is 18.6 Å². The van der Waals surface area contributed by atoms with Crippen LogP contribution in [0.4, 0.5) is 14.5 Å². The lowest BCUT2D eigenvalue weighted by molar-refractivity contribution is 0.253. The molecule has 1 aliphatic carbocycles. The first-order chi connectivity index (χ1) is 8.99. The first-order valence-electron chi connectivity index (χ1n) is 6.90. The Labute approximate surface area is 121 Å². The van der Waals surface area contributed by atoms with Gasteiger partial charge in [-0.1, -0.05) is 42.6 Å². The summed E-state index contributed by atoms with van der Waals surface area (Å²) in [5.74, 6) is -0.0459. The number of nitrogens with one attached hydrogen (secondary N) is 1. The van der Waals surface area contributed by atoms with Crippen molar-refractivity contribution in [2.24, 2.45) is 11.8 Å². The highest BCUT2D eigenvalue weighted by molar-refractivity contribution is 9.10. The highest BCUT2D eigenvalue weighted by Crippen LogP contribution is 2.34. The van der Waals surface area contributed by atoms with Gasteiger partial charge in [0.2, 0.25) is 0 Å². The lowest BCUT2D eigenvalue weighted by atomic mass is 9.78. The highest BCUT2D eigenvalue weighted by Gasteiger charge is 2.28. The molecule has 0 saturated heterocycles. The van der Waals surface area contributed by atoms with E-state index in [9.17, 15) is 8.78 Å². The average Bonchev–Trinajstić information content (AvgIpc) is 2.34. The van der Waals surface area contributed by atoms with Crippen LogP contribution in [0.3, 0.4) is 0 Å². The Morgan fingerprint density at radius 2 is 1.74 bits per heavy atom. The minimum atomic E-state index is -0.528. The summed E-state index contributed by atoms with van der Waals surface area (Å²) in [5.41, 5.74) is 0.0146. The topological polar surface area (TPSA) is 12.0 Å². The van der Waals surface area contributed by atoms with Gasteiger partial charge in [0.15, 0.2) is 0 Å². The molecule has 1 fully saturated rings. The van der Waals surface area contributed by atoms with E-state index in [1.807, 2.05) is 0 Å². The SMILES string of the molecule is CC(C)C1CCCCC1Nc1c(F)cc(Br)cc1F. The molecule has 2 unspecified atom stereocenters. The van der Waals surface area contributed by atoms with Crippen molar-refractivity contribution in [3.8, 4) is 0 Å². The van der Waals surface area contributed by atoms with Crippen molar-refractivity contribution in [2.75, 3.05) is 5.32 Å². The minimum absolute atomic E-state index is 0.0146. The first-order valence-corrected chi connectivity index (χ1v) is 7.69. The summed E-state index contributed by atoms with van der Waals surface area (Å²) in [5, 5.41) is 3.11. The molecule has 0 bridgehead atoms. The summed E-state index contributed by atoms with van der Waals surface area (Å²) in [6, 6.07) is 2.77. The maximum Gasteiger partial charge on any atom is 0.150 e. The van der Waals surface area contributed by atoms with Crippen LogP contribution in [0, 0.1) is 23.5 Å². The second-order valence-electron chi connectivity index (χ2n) is 5.69. The van der Waals surface area contributed by atoms with Gasteiger partial charge < -0.3 is 5.32 Å². The van der Waals surface area contributed by atoms with Gasteiger partial charge in [0.1, 0.15) is 17.3 Å². The smallest absolute Gasteiger partial charge is 0.150 e. The Bertz CT molecular complexity index is 425. The molecule has 19 heavy (non-hydrogen) atoms. The minimum Gasteiger partial charge on any atom is -0.377 e. The Balaban J connectivity index is 2.19. The molecule has 1 saturated carbocycles. The summed E-state index contributed by atoms with van der Waals surface area (Å²) < 4.78 is 28.2. The highest BCUT2D eigenvalue weighted by atomic mass is 79.9. The second kappa shape index (κ2) is 6.21. The molecule has 0 heterocycles. The van der Waals surface area contributed by atoms with Crippen LogP contribution in [0.15, 0.2) is 16.6 Å². The van der Waals surface area contributed by atoms with Crippen molar-refractivity contribution in [1.29, 1.82) is 0 Å². The van der Waals surface area contributed by atoms with E-state index in [4.69, 9.17) is 0 Å². The molecule has 0 aliphatic heterocycles. The van der Waals surface area contributed by atoms with Crippen LogP contribution < -0.4 is 5.32 Å². The third-order valence-electron chi connectivity index (χ3n) is 4.01. The van der Waals surface area contributed by atoms with Crippen LogP contribution in [0.1, 0.15) is 39.5 Å². The largest absolute Gasteiger partial charge is 0.377 e. The molecule has 2 atom stereocenters. The van der Waals surface area contributed by atoms with Crippen molar-refractivity contribution < 1.29 is 8.78 Å². The lowest BCUT2D eigenvalue weighted by Gasteiger charge is -2.35. The summed E-state index contributed by atoms with van der Waals surface area (Å²) in [7, 11) is 0. The van der Waals surface area contributed by atoms with E-state index in [-0.39, 0.29) is 11.7 Å². The van der Waals surface area contributed by atoms with Gasteiger partial charge in [0.05, 0.1) is 0 Å². The molecule has 0 radical (unpaired) electrons. The van der Waals surface area contributed by atoms with Crippen molar-refractivity contribution in [1.82, 2.24) is 0 Å². The van der Waals surface area contributed by atoms with Gasteiger partial charge in [-0.25, -0.2) is 8.78 Å². The average molecular weight is 332 g/mol. The second-order valence-corrected chi connectivity index (χ2v) is 6.60. The van der Waals surface area contributed by atoms with Crippen molar-refractivity contribution >= 4 is 21.6 Å². The summed E-state index contributed by atoms with van der Waals surface area (Å²) >= 11 is 3.10. The monoisotopic (exact) mass is 331 g/mol. The summed E-state index contributed by atoms with van der Waals surface area (Å²) in [4.78, 5) is 0. The van der Waals surface area contributed by atoms with Gasteiger partial charge in [-0.05, 0) is 36.8 Å². The number of hydrogen-bond acceptors (Lipinski definition) is 1. The van der Waals surface area contributed by atoms with Crippen LogP contribution in [-0.2, 0) is 0 Å². The van der Waals surface area contributed by atoms with Crippen LogP contribution in [0.25, 0.3) is 0 Å². The van der Waals surface area contributed by atoms with E-state index in [0.29, 0.717) is 16.3 Å². The molecule has 1 N–H and O–H groups in total. The molecular weight excluding hydrogens is 312 g/mol. The van der Waals surface area contributed by atoms with Crippen molar-refractivity contribution in [3.63, 3.8) is 0 Å². The predicted octanol–water partition coefficient (Wildman–Crippen LogP) is 5.35. The van der Waals surface area contributed by atoms with E-state index >= 15 is 0 Å². The summed E-state index contributed by atoms with van der Waals surface area (Å²) in [6.45, 7) is 4.36.